The third kappa shape index (κ3) is 3.11. The number of nitrogens with zero attached hydrogens (tertiary/aromatic N) is 2. The van der Waals surface area contributed by atoms with Crippen LogP contribution in [0.25, 0.3) is 0 Å². The number of nitriles is 1. The number of rotatable bonds is 1. The van der Waals surface area contributed by atoms with Gasteiger partial charge >= 0.3 is 0 Å². The molecule has 4 nitrogen and oxygen atoms in total. The van der Waals surface area contributed by atoms with Gasteiger partial charge in [0, 0.05) is 18.2 Å². The summed E-state index contributed by atoms with van der Waals surface area (Å²) in [7, 11) is 0. The summed E-state index contributed by atoms with van der Waals surface area (Å²) in [5, 5.41) is 13.8. The topological polar surface area (TPSA) is 64.3 Å². The second-order valence-corrected chi connectivity index (χ2v) is 5.37. The third-order valence-corrected chi connectivity index (χ3v) is 4.29. The molecule has 1 aliphatic heterocycles. The highest BCUT2D eigenvalue weighted by Crippen LogP contribution is 2.36. The smallest absolute Gasteiger partial charge is 0.283 e. The molecule has 1 amide bonds. The summed E-state index contributed by atoms with van der Waals surface area (Å²) in [6.45, 7) is 0.961. The average Bonchev–Trinajstić information content (AvgIpc) is 2.92. The van der Waals surface area contributed by atoms with E-state index in [2.05, 4.69) is 4.90 Å². The van der Waals surface area contributed by atoms with Gasteiger partial charge in [0.15, 0.2) is 0 Å². The van der Waals surface area contributed by atoms with Gasteiger partial charge in [0.05, 0.1) is 0 Å². The fraction of sp³-hybridized carbons (Fsp3) is 0.500. The normalized spacial score (nSPS) is 24.1. The minimum absolute atomic E-state index is 0.236. The van der Waals surface area contributed by atoms with E-state index in [1.165, 1.54) is 32.1 Å². The second-order valence-electron chi connectivity index (χ2n) is 5.37. The molecule has 1 aliphatic carbocycles. The molecule has 4 heteroatoms. The van der Waals surface area contributed by atoms with Crippen LogP contribution in [-0.4, -0.2) is 28.5 Å². The van der Waals surface area contributed by atoms with Crippen LogP contribution in [0.4, 0.5) is 0 Å². The summed E-state index contributed by atoms with van der Waals surface area (Å²) in [5.74, 6) is 1.01. The minimum Gasteiger partial charge on any atom is -0.443 e. The van der Waals surface area contributed by atoms with Gasteiger partial charge in [-0.25, -0.2) is 0 Å². The highest BCUT2D eigenvalue weighted by atomic mass is 16.2. The summed E-state index contributed by atoms with van der Waals surface area (Å²) in [6.07, 6.45) is 7.14. The highest BCUT2D eigenvalue weighted by molar-refractivity contribution is 5.94. The standard InChI is InChI=1S/C15H19NO.CHNO/c17-15(13-7-2-1-3-8-13)16-11-10-12-6-4-5-9-14(12)16;2-1-3/h1-3,7-8,12,14H,4-6,9-11H2;3H. The number of carbonyl (C=O) groups is 1. The van der Waals surface area contributed by atoms with Crippen LogP contribution in [0.1, 0.15) is 42.5 Å². The van der Waals surface area contributed by atoms with Gasteiger partial charge in [-0.15, -0.1) is 0 Å². The Balaban J connectivity index is 0.000000452. The maximum Gasteiger partial charge on any atom is 0.283 e. The van der Waals surface area contributed by atoms with Crippen molar-refractivity contribution in [3.63, 3.8) is 0 Å². The first-order valence-corrected chi connectivity index (χ1v) is 7.17. The molecular weight excluding hydrogens is 252 g/mol. The highest BCUT2D eigenvalue weighted by Gasteiger charge is 2.38. The quantitative estimate of drug-likeness (QED) is 0.799. The second kappa shape index (κ2) is 6.95. The van der Waals surface area contributed by atoms with Crippen molar-refractivity contribution in [2.45, 2.75) is 38.1 Å². The van der Waals surface area contributed by atoms with E-state index >= 15 is 0 Å². The predicted octanol–water partition coefficient (Wildman–Crippen LogP) is 2.93. The zero-order valence-electron chi connectivity index (χ0n) is 11.5. The van der Waals surface area contributed by atoms with E-state index in [1.54, 1.807) is 0 Å². The summed E-state index contributed by atoms with van der Waals surface area (Å²) in [6, 6.07) is 10.2. The van der Waals surface area contributed by atoms with Crippen LogP contribution in [0.15, 0.2) is 30.3 Å². The SMILES string of the molecule is N#CO.O=C(c1ccccc1)N1CCC2CCCCC21. The fourth-order valence-corrected chi connectivity index (χ4v) is 3.40. The molecule has 1 aromatic rings. The van der Waals surface area contributed by atoms with Crippen LogP contribution < -0.4 is 0 Å². The Morgan fingerprint density at radius 1 is 1.20 bits per heavy atom. The summed E-state index contributed by atoms with van der Waals surface area (Å²) >= 11 is 0. The molecular formula is C16H20N2O2. The van der Waals surface area contributed by atoms with Gasteiger partial charge in [0.2, 0.25) is 0 Å². The Morgan fingerprint density at radius 3 is 2.55 bits per heavy atom. The van der Waals surface area contributed by atoms with Gasteiger partial charge in [-0.05, 0) is 37.3 Å². The number of hydrogen-bond acceptors (Lipinski definition) is 3. The van der Waals surface area contributed by atoms with Crippen molar-refractivity contribution in [1.29, 1.82) is 5.26 Å². The largest absolute Gasteiger partial charge is 0.443 e. The molecule has 1 N–H and O–H groups in total. The lowest BCUT2D eigenvalue weighted by molar-refractivity contribution is 0.0690. The van der Waals surface area contributed by atoms with Crippen LogP contribution in [0.2, 0.25) is 0 Å². The van der Waals surface area contributed by atoms with Crippen molar-refractivity contribution in [3.05, 3.63) is 35.9 Å². The number of aliphatic hydroxyl groups is 1. The molecule has 3 rings (SSSR count). The number of aliphatic hydroxyl groups excluding tert-OH is 1. The van der Waals surface area contributed by atoms with Crippen molar-refractivity contribution in [3.8, 4) is 6.26 Å². The Hall–Kier alpha value is -2.02. The Labute approximate surface area is 119 Å². The molecule has 0 spiro atoms. The van der Waals surface area contributed by atoms with Crippen molar-refractivity contribution in [1.82, 2.24) is 4.90 Å². The fourth-order valence-electron chi connectivity index (χ4n) is 3.40. The van der Waals surface area contributed by atoms with Gasteiger partial charge in [-0.2, -0.15) is 5.26 Å². The van der Waals surface area contributed by atoms with Crippen LogP contribution in [0, 0.1) is 17.4 Å². The predicted molar refractivity (Wildman–Crippen MR) is 75.4 cm³/mol. The Kier molecular flexibility index (Phi) is 5.00. The van der Waals surface area contributed by atoms with Gasteiger partial charge in [-0.1, -0.05) is 31.0 Å². The molecule has 2 unspecified atom stereocenters. The molecule has 0 radical (unpaired) electrons. The molecule has 2 aliphatic rings. The summed E-state index contributed by atoms with van der Waals surface area (Å²) in [4.78, 5) is 14.6. The Bertz CT molecular complexity index is 481. The van der Waals surface area contributed by atoms with Gasteiger partial charge in [0.25, 0.3) is 12.2 Å². The maximum absolute atomic E-state index is 12.4. The molecule has 1 aromatic carbocycles. The molecule has 1 heterocycles. The lowest BCUT2D eigenvalue weighted by Crippen LogP contribution is -2.39. The number of fused-ring (bicyclic) bond motifs is 1. The van der Waals surface area contributed by atoms with Crippen LogP contribution in [-0.2, 0) is 0 Å². The molecule has 2 fully saturated rings. The van der Waals surface area contributed by atoms with E-state index in [1.807, 2.05) is 30.3 Å². The van der Waals surface area contributed by atoms with Crippen molar-refractivity contribution in [2.24, 2.45) is 5.92 Å². The maximum atomic E-state index is 12.4. The minimum atomic E-state index is 0.236. The van der Waals surface area contributed by atoms with E-state index < -0.39 is 0 Å². The molecule has 2 atom stereocenters. The van der Waals surface area contributed by atoms with E-state index in [9.17, 15) is 4.79 Å². The summed E-state index contributed by atoms with van der Waals surface area (Å²) < 4.78 is 0. The molecule has 1 saturated carbocycles. The zero-order chi connectivity index (χ0) is 14.4. The van der Waals surface area contributed by atoms with Crippen molar-refractivity contribution >= 4 is 5.91 Å². The number of benzene rings is 1. The third-order valence-electron chi connectivity index (χ3n) is 4.29. The zero-order valence-corrected chi connectivity index (χ0v) is 11.5. The van der Waals surface area contributed by atoms with Crippen LogP contribution >= 0.6 is 0 Å². The molecule has 1 saturated heterocycles. The lowest BCUT2D eigenvalue weighted by atomic mass is 9.85. The lowest BCUT2D eigenvalue weighted by Gasteiger charge is -2.31. The first-order valence-electron chi connectivity index (χ1n) is 7.17. The van der Waals surface area contributed by atoms with Crippen molar-refractivity contribution < 1.29 is 9.90 Å². The summed E-state index contributed by atoms with van der Waals surface area (Å²) in [5.41, 5.74) is 0.846. The first-order chi connectivity index (χ1) is 9.77. The number of hydrogen-bond donors (Lipinski definition) is 1. The average molecular weight is 272 g/mol. The van der Waals surface area contributed by atoms with E-state index in [0.29, 0.717) is 6.04 Å². The van der Waals surface area contributed by atoms with E-state index in [-0.39, 0.29) is 5.91 Å². The first kappa shape index (κ1) is 14.4. The number of carbonyl (C=O) groups excluding carboxylic acids is 1. The van der Waals surface area contributed by atoms with Crippen LogP contribution in [0.5, 0.6) is 0 Å². The van der Waals surface area contributed by atoms with Crippen molar-refractivity contribution in [2.75, 3.05) is 6.54 Å². The van der Waals surface area contributed by atoms with Gasteiger partial charge < -0.3 is 10.0 Å². The van der Waals surface area contributed by atoms with E-state index in [4.69, 9.17) is 10.4 Å². The Morgan fingerprint density at radius 2 is 1.85 bits per heavy atom. The number of likely N-dealkylation sites (tertiary alicyclic amines) is 1. The molecule has 0 aromatic heterocycles. The molecule has 106 valence electrons. The van der Waals surface area contributed by atoms with Gasteiger partial charge in [0.1, 0.15) is 0 Å². The van der Waals surface area contributed by atoms with Gasteiger partial charge in [-0.3, -0.25) is 4.79 Å². The van der Waals surface area contributed by atoms with Crippen LogP contribution in [0.3, 0.4) is 0 Å². The monoisotopic (exact) mass is 272 g/mol. The number of amides is 1. The molecule has 20 heavy (non-hydrogen) atoms. The van der Waals surface area contributed by atoms with E-state index in [0.717, 1.165) is 24.3 Å². The molecule has 0 bridgehead atoms.